The highest BCUT2D eigenvalue weighted by molar-refractivity contribution is 5.61. The molecule has 6 nitrogen and oxygen atoms in total. The summed E-state index contributed by atoms with van der Waals surface area (Å²) in [4.78, 5) is 8.65. The molecule has 0 unspecified atom stereocenters. The van der Waals surface area contributed by atoms with Crippen LogP contribution in [0.15, 0.2) is 41.3 Å². The largest absolute Gasteiger partial charge is 0.335 e. The van der Waals surface area contributed by atoms with Gasteiger partial charge in [-0.25, -0.2) is 4.98 Å². The molecule has 2 aromatic heterocycles. The molecule has 1 aromatic carbocycles. The first-order chi connectivity index (χ1) is 9.78. The van der Waals surface area contributed by atoms with Gasteiger partial charge in [0.1, 0.15) is 5.69 Å². The van der Waals surface area contributed by atoms with Gasteiger partial charge < -0.3 is 14.8 Å². The number of aromatic nitrogens is 4. The third-order valence-corrected chi connectivity index (χ3v) is 3.05. The van der Waals surface area contributed by atoms with Gasteiger partial charge in [0, 0.05) is 24.8 Å². The first-order valence-electron chi connectivity index (χ1n) is 6.40. The zero-order valence-electron chi connectivity index (χ0n) is 11.2. The number of aryl methyl sites for hydroxylation is 1. The van der Waals surface area contributed by atoms with E-state index < -0.39 is 0 Å². The van der Waals surface area contributed by atoms with Gasteiger partial charge >= 0.3 is 0 Å². The number of imidazole rings is 1. The Balaban J connectivity index is 1.91. The Kier molecular flexibility index (Phi) is 3.30. The van der Waals surface area contributed by atoms with E-state index in [9.17, 15) is 0 Å². The van der Waals surface area contributed by atoms with Crippen LogP contribution < -0.4 is 5.73 Å². The molecule has 0 aliphatic heterocycles. The van der Waals surface area contributed by atoms with E-state index in [-0.39, 0.29) is 0 Å². The smallest absolute Gasteiger partial charge is 0.278 e. The number of nitrogens with two attached hydrogens (primary N) is 1. The zero-order valence-corrected chi connectivity index (χ0v) is 11.2. The summed E-state index contributed by atoms with van der Waals surface area (Å²) in [5.74, 6) is 0.991. The van der Waals surface area contributed by atoms with Crippen LogP contribution in [0.25, 0.3) is 23.0 Å². The van der Waals surface area contributed by atoms with Gasteiger partial charge in [-0.2, -0.15) is 4.98 Å². The second-order valence-electron chi connectivity index (χ2n) is 4.52. The summed E-state index contributed by atoms with van der Waals surface area (Å²) < 4.78 is 7.18. The molecule has 0 saturated heterocycles. The summed E-state index contributed by atoms with van der Waals surface area (Å²) in [6.07, 6.45) is 3.56. The quantitative estimate of drug-likeness (QED) is 0.781. The molecule has 0 aliphatic carbocycles. The lowest BCUT2D eigenvalue weighted by Gasteiger charge is -1.97. The van der Waals surface area contributed by atoms with Gasteiger partial charge in [0.05, 0.1) is 6.33 Å². The molecular formula is C14H15N5O. The van der Waals surface area contributed by atoms with Crippen molar-refractivity contribution in [3.05, 3.63) is 42.4 Å². The minimum absolute atomic E-state index is 0.416. The maximum Gasteiger partial charge on any atom is 0.278 e. The van der Waals surface area contributed by atoms with Gasteiger partial charge in [0.2, 0.25) is 5.82 Å². The molecule has 0 amide bonds. The maximum absolute atomic E-state index is 5.51. The summed E-state index contributed by atoms with van der Waals surface area (Å²) in [7, 11) is 0. The summed E-state index contributed by atoms with van der Waals surface area (Å²) in [5, 5.41) is 4.02. The molecule has 0 fully saturated rings. The lowest BCUT2D eigenvalue weighted by atomic mass is 10.1. The van der Waals surface area contributed by atoms with E-state index in [1.807, 2.05) is 42.0 Å². The Bertz CT molecular complexity index is 716. The number of hydrogen-bond acceptors (Lipinski definition) is 5. The van der Waals surface area contributed by atoms with E-state index in [2.05, 4.69) is 15.1 Å². The van der Waals surface area contributed by atoms with Crippen LogP contribution in [0.5, 0.6) is 0 Å². The summed E-state index contributed by atoms with van der Waals surface area (Å²) in [6, 6.07) is 7.92. The predicted molar refractivity (Wildman–Crippen MR) is 74.7 cm³/mol. The lowest BCUT2D eigenvalue weighted by Crippen LogP contribution is -2.07. The zero-order chi connectivity index (χ0) is 13.9. The molecule has 2 heterocycles. The van der Waals surface area contributed by atoms with Crippen LogP contribution >= 0.6 is 0 Å². The van der Waals surface area contributed by atoms with E-state index in [0.29, 0.717) is 30.5 Å². The van der Waals surface area contributed by atoms with Crippen LogP contribution in [-0.4, -0.2) is 26.2 Å². The fourth-order valence-corrected chi connectivity index (χ4v) is 2.00. The van der Waals surface area contributed by atoms with Crippen molar-refractivity contribution < 1.29 is 4.52 Å². The molecule has 0 spiro atoms. The summed E-state index contributed by atoms with van der Waals surface area (Å²) in [6.45, 7) is 3.29. The van der Waals surface area contributed by atoms with Crippen LogP contribution in [0.4, 0.5) is 0 Å². The average Bonchev–Trinajstić information content (AvgIpc) is 3.08. The molecule has 102 valence electrons. The Morgan fingerprint density at radius 2 is 2.15 bits per heavy atom. The number of rotatable bonds is 4. The molecule has 20 heavy (non-hydrogen) atoms. The molecule has 0 bridgehead atoms. The third-order valence-electron chi connectivity index (χ3n) is 3.05. The molecule has 3 aromatic rings. The van der Waals surface area contributed by atoms with Crippen molar-refractivity contribution in [1.29, 1.82) is 0 Å². The standard InChI is InChI=1S/C14H15N5O/c1-10-4-2-3-5-11(10)13-17-14(20-18-13)12-8-19(7-6-15)9-16-12/h2-5,8-9H,6-7,15H2,1H3. The van der Waals surface area contributed by atoms with Crippen molar-refractivity contribution in [2.75, 3.05) is 6.54 Å². The normalized spacial score (nSPS) is 10.9. The van der Waals surface area contributed by atoms with Gasteiger partial charge in [-0.15, -0.1) is 0 Å². The molecule has 2 N–H and O–H groups in total. The minimum atomic E-state index is 0.416. The van der Waals surface area contributed by atoms with Crippen LogP contribution in [0.3, 0.4) is 0 Å². The average molecular weight is 269 g/mol. The predicted octanol–water partition coefficient (Wildman–Crippen LogP) is 1.87. The molecule has 6 heteroatoms. The topological polar surface area (TPSA) is 82.8 Å². The van der Waals surface area contributed by atoms with Crippen molar-refractivity contribution >= 4 is 0 Å². The van der Waals surface area contributed by atoms with Crippen molar-refractivity contribution in [2.24, 2.45) is 5.73 Å². The van der Waals surface area contributed by atoms with E-state index in [4.69, 9.17) is 10.3 Å². The molecular weight excluding hydrogens is 254 g/mol. The van der Waals surface area contributed by atoms with E-state index in [1.54, 1.807) is 6.33 Å². The highest BCUT2D eigenvalue weighted by Gasteiger charge is 2.13. The highest BCUT2D eigenvalue weighted by Crippen LogP contribution is 2.23. The molecule has 0 aliphatic rings. The fourth-order valence-electron chi connectivity index (χ4n) is 2.00. The summed E-state index contributed by atoms with van der Waals surface area (Å²) in [5.41, 5.74) is 8.23. The highest BCUT2D eigenvalue weighted by atomic mass is 16.5. The van der Waals surface area contributed by atoms with Gasteiger partial charge in [-0.05, 0) is 12.5 Å². The Morgan fingerprint density at radius 3 is 2.95 bits per heavy atom. The SMILES string of the molecule is Cc1ccccc1-c1noc(-c2cn(CCN)cn2)n1. The van der Waals surface area contributed by atoms with Crippen molar-refractivity contribution in [3.8, 4) is 23.0 Å². The summed E-state index contributed by atoms with van der Waals surface area (Å²) >= 11 is 0. The van der Waals surface area contributed by atoms with Gasteiger partial charge in [-0.1, -0.05) is 29.4 Å². The fraction of sp³-hybridized carbons (Fsp3) is 0.214. The van der Waals surface area contributed by atoms with E-state index in [1.165, 1.54) is 0 Å². The van der Waals surface area contributed by atoms with Crippen LogP contribution in [0, 0.1) is 6.92 Å². The second kappa shape index (κ2) is 5.26. The van der Waals surface area contributed by atoms with E-state index >= 15 is 0 Å². The Morgan fingerprint density at radius 1 is 1.30 bits per heavy atom. The van der Waals surface area contributed by atoms with Crippen LogP contribution in [-0.2, 0) is 6.54 Å². The minimum Gasteiger partial charge on any atom is -0.335 e. The van der Waals surface area contributed by atoms with Gasteiger partial charge in [0.25, 0.3) is 5.89 Å². The van der Waals surface area contributed by atoms with Gasteiger partial charge in [0.15, 0.2) is 0 Å². The number of benzene rings is 1. The first-order valence-corrected chi connectivity index (χ1v) is 6.40. The van der Waals surface area contributed by atoms with Gasteiger partial charge in [-0.3, -0.25) is 0 Å². The van der Waals surface area contributed by atoms with Crippen LogP contribution in [0.2, 0.25) is 0 Å². The second-order valence-corrected chi connectivity index (χ2v) is 4.52. The first kappa shape index (κ1) is 12.6. The van der Waals surface area contributed by atoms with Crippen molar-refractivity contribution in [3.63, 3.8) is 0 Å². The Hall–Kier alpha value is -2.47. The number of nitrogens with zero attached hydrogens (tertiary/aromatic N) is 4. The maximum atomic E-state index is 5.51. The van der Waals surface area contributed by atoms with Crippen molar-refractivity contribution in [1.82, 2.24) is 19.7 Å². The number of hydrogen-bond donors (Lipinski definition) is 1. The lowest BCUT2D eigenvalue weighted by molar-refractivity contribution is 0.431. The van der Waals surface area contributed by atoms with Crippen LogP contribution in [0.1, 0.15) is 5.56 Å². The molecule has 3 rings (SSSR count). The molecule has 0 saturated carbocycles. The monoisotopic (exact) mass is 269 g/mol. The Labute approximate surface area is 116 Å². The third kappa shape index (κ3) is 2.33. The molecule has 0 atom stereocenters. The molecule has 0 radical (unpaired) electrons. The van der Waals surface area contributed by atoms with E-state index in [0.717, 1.165) is 11.1 Å². The van der Waals surface area contributed by atoms with Crippen molar-refractivity contribution in [2.45, 2.75) is 13.5 Å².